The van der Waals surface area contributed by atoms with Crippen molar-refractivity contribution in [3.63, 3.8) is 0 Å². The third kappa shape index (κ3) is 2.28. The Labute approximate surface area is 128 Å². The molecule has 0 saturated heterocycles. The number of pyridine rings is 1. The molecule has 2 heterocycles. The van der Waals surface area contributed by atoms with E-state index in [-0.39, 0.29) is 0 Å². The van der Waals surface area contributed by atoms with E-state index in [0.717, 1.165) is 40.6 Å². The number of nitrogens with zero attached hydrogens (tertiary/aromatic N) is 2. The second-order valence-electron chi connectivity index (χ2n) is 5.77. The zero-order valence-electron chi connectivity index (χ0n) is 12.2. The van der Waals surface area contributed by atoms with Gasteiger partial charge >= 0.3 is 0 Å². The second kappa shape index (κ2) is 5.33. The third-order valence-corrected chi connectivity index (χ3v) is 4.27. The molecule has 112 valence electrons. The summed E-state index contributed by atoms with van der Waals surface area (Å²) in [6, 6.07) is 8.13. The number of benzene rings is 1. The molecule has 5 nitrogen and oxygen atoms in total. The van der Waals surface area contributed by atoms with Crippen molar-refractivity contribution < 1.29 is 4.74 Å². The number of anilines is 1. The van der Waals surface area contributed by atoms with Crippen molar-refractivity contribution in [2.45, 2.75) is 31.8 Å². The van der Waals surface area contributed by atoms with Gasteiger partial charge in [-0.2, -0.15) is 5.10 Å². The Morgan fingerprint density at radius 2 is 1.86 bits per heavy atom. The predicted molar refractivity (Wildman–Crippen MR) is 86.6 cm³/mol. The van der Waals surface area contributed by atoms with E-state index >= 15 is 0 Å². The standard InChI is InChI=1S/C17H18N4O/c18-17-16-14(9-19-10-15(16)20-21-17)11-5-7-13(8-6-11)22-12-3-1-2-4-12/h5-10,12H,1-4H2,(H3,18,20,21). The van der Waals surface area contributed by atoms with Crippen molar-refractivity contribution in [2.75, 3.05) is 5.73 Å². The number of nitrogen functional groups attached to an aromatic ring is 1. The van der Waals surface area contributed by atoms with Gasteiger partial charge in [0.15, 0.2) is 5.82 Å². The summed E-state index contributed by atoms with van der Waals surface area (Å²) >= 11 is 0. The maximum Gasteiger partial charge on any atom is 0.153 e. The van der Waals surface area contributed by atoms with Crippen LogP contribution >= 0.6 is 0 Å². The van der Waals surface area contributed by atoms with Gasteiger partial charge in [-0.1, -0.05) is 12.1 Å². The van der Waals surface area contributed by atoms with E-state index in [1.165, 1.54) is 12.8 Å². The lowest BCUT2D eigenvalue weighted by atomic mass is 10.0. The van der Waals surface area contributed by atoms with Gasteiger partial charge in [0, 0.05) is 11.8 Å². The minimum Gasteiger partial charge on any atom is -0.490 e. The van der Waals surface area contributed by atoms with Crippen LogP contribution in [-0.4, -0.2) is 21.3 Å². The number of rotatable bonds is 3. The van der Waals surface area contributed by atoms with E-state index in [2.05, 4.69) is 15.2 Å². The number of H-pyrrole nitrogens is 1. The van der Waals surface area contributed by atoms with E-state index in [4.69, 9.17) is 10.5 Å². The number of aromatic amines is 1. The maximum atomic E-state index is 6.00. The van der Waals surface area contributed by atoms with Crippen LogP contribution in [0.2, 0.25) is 0 Å². The van der Waals surface area contributed by atoms with Crippen LogP contribution < -0.4 is 10.5 Å². The zero-order valence-corrected chi connectivity index (χ0v) is 12.2. The Hall–Kier alpha value is -2.56. The van der Waals surface area contributed by atoms with Gasteiger partial charge in [0.25, 0.3) is 0 Å². The molecule has 3 N–H and O–H groups in total. The van der Waals surface area contributed by atoms with E-state index in [1.54, 1.807) is 6.20 Å². The van der Waals surface area contributed by atoms with Gasteiger partial charge in [-0.15, -0.1) is 0 Å². The fourth-order valence-electron chi connectivity index (χ4n) is 3.13. The summed E-state index contributed by atoms with van der Waals surface area (Å²) in [5.74, 6) is 1.43. The molecule has 0 amide bonds. The van der Waals surface area contributed by atoms with Gasteiger partial charge in [0.1, 0.15) is 5.75 Å². The topological polar surface area (TPSA) is 76.8 Å². The summed E-state index contributed by atoms with van der Waals surface area (Å²) in [6.07, 6.45) is 8.81. The molecule has 0 bridgehead atoms. The highest BCUT2D eigenvalue weighted by atomic mass is 16.5. The average molecular weight is 294 g/mol. The van der Waals surface area contributed by atoms with E-state index in [1.807, 2.05) is 30.5 Å². The first-order valence-corrected chi connectivity index (χ1v) is 7.66. The number of ether oxygens (including phenoxy) is 1. The lowest BCUT2D eigenvalue weighted by molar-refractivity contribution is 0.210. The first-order valence-electron chi connectivity index (χ1n) is 7.66. The molecule has 0 spiro atoms. The summed E-state index contributed by atoms with van der Waals surface area (Å²) in [5, 5.41) is 7.87. The highest BCUT2D eigenvalue weighted by Gasteiger charge is 2.16. The molecule has 1 saturated carbocycles. The molecule has 0 atom stereocenters. The van der Waals surface area contributed by atoms with E-state index < -0.39 is 0 Å². The Morgan fingerprint density at radius 3 is 2.64 bits per heavy atom. The first kappa shape index (κ1) is 13.1. The van der Waals surface area contributed by atoms with E-state index in [0.29, 0.717) is 11.9 Å². The number of aromatic nitrogens is 3. The molecule has 1 aliphatic rings. The van der Waals surface area contributed by atoms with Crippen molar-refractivity contribution in [1.29, 1.82) is 0 Å². The molecule has 0 radical (unpaired) electrons. The number of nitrogens with two attached hydrogens (primary N) is 1. The van der Waals surface area contributed by atoms with Crippen molar-refractivity contribution in [3.8, 4) is 16.9 Å². The molecular weight excluding hydrogens is 276 g/mol. The molecule has 4 rings (SSSR count). The van der Waals surface area contributed by atoms with Crippen LogP contribution in [0.1, 0.15) is 25.7 Å². The van der Waals surface area contributed by atoms with Crippen LogP contribution in [0.3, 0.4) is 0 Å². The van der Waals surface area contributed by atoms with Crippen molar-refractivity contribution in [2.24, 2.45) is 0 Å². The van der Waals surface area contributed by atoms with Crippen molar-refractivity contribution in [1.82, 2.24) is 15.2 Å². The van der Waals surface area contributed by atoms with Crippen LogP contribution in [0.15, 0.2) is 36.7 Å². The summed E-state index contributed by atoms with van der Waals surface area (Å²) in [5.41, 5.74) is 8.85. The quantitative estimate of drug-likeness (QED) is 0.774. The van der Waals surface area contributed by atoms with E-state index in [9.17, 15) is 0 Å². The normalized spacial score (nSPS) is 15.5. The van der Waals surface area contributed by atoms with Crippen LogP contribution in [0.4, 0.5) is 5.82 Å². The lowest BCUT2D eigenvalue weighted by Crippen LogP contribution is -2.10. The summed E-state index contributed by atoms with van der Waals surface area (Å²) in [4.78, 5) is 4.25. The largest absolute Gasteiger partial charge is 0.490 e. The molecule has 2 aromatic heterocycles. The number of nitrogens with one attached hydrogen (secondary N) is 1. The fourth-order valence-corrected chi connectivity index (χ4v) is 3.13. The average Bonchev–Trinajstić information content (AvgIpc) is 3.18. The molecule has 0 unspecified atom stereocenters. The molecular formula is C17H18N4O. The maximum absolute atomic E-state index is 6.00. The molecule has 22 heavy (non-hydrogen) atoms. The number of hydrogen-bond donors (Lipinski definition) is 2. The Bertz CT molecular complexity index is 788. The first-order chi connectivity index (χ1) is 10.8. The highest BCUT2D eigenvalue weighted by molar-refractivity contribution is 6.00. The Balaban J connectivity index is 1.65. The minimum absolute atomic E-state index is 0.375. The smallest absolute Gasteiger partial charge is 0.153 e. The molecule has 0 aliphatic heterocycles. The summed E-state index contributed by atoms with van der Waals surface area (Å²) in [6.45, 7) is 0. The summed E-state index contributed by atoms with van der Waals surface area (Å²) < 4.78 is 6.00. The number of fused-ring (bicyclic) bond motifs is 1. The van der Waals surface area contributed by atoms with Crippen LogP contribution in [0.5, 0.6) is 5.75 Å². The Morgan fingerprint density at radius 1 is 1.09 bits per heavy atom. The second-order valence-corrected chi connectivity index (χ2v) is 5.77. The number of hydrogen-bond acceptors (Lipinski definition) is 4. The highest BCUT2D eigenvalue weighted by Crippen LogP contribution is 2.32. The lowest BCUT2D eigenvalue weighted by Gasteiger charge is -2.13. The van der Waals surface area contributed by atoms with Crippen LogP contribution in [-0.2, 0) is 0 Å². The van der Waals surface area contributed by atoms with Gasteiger partial charge in [0.05, 0.1) is 23.2 Å². The molecule has 1 fully saturated rings. The monoisotopic (exact) mass is 294 g/mol. The van der Waals surface area contributed by atoms with Crippen LogP contribution in [0, 0.1) is 0 Å². The predicted octanol–water partition coefficient (Wildman–Crippen LogP) is 3.53. The fraction of sp³-hybridized carbons (Fsp3) is 0.294. The van der Waals surface area contributed by atoms with Gasteiger partial charge < -0.3 is 10.5 Å². The molecule has 3 aromatic rings. The Kier molecular flexibility index (Phi) is 3.18. The third-order valence-electron chi connectivity index (χ3n) is 4.27. The van der Waals surface area contributed by atoms with Gasteiger partial charge in [-0.3, -0.25) is 10.1 Å². The van der Waals surface area contributed by atoms with Gasteiger partial charge in [-0.05, 0) is 43.4 Å². The molecule has 1 aliphatic carbocycles. The molecule has 5 heteroatoms. The van der Waals surface area contributed by atoms with Gasteiger partial charge in [0.2, 0.25) is 0 Å². The SMILES string of the molecule is Nc1n[nH]c2cncc(-c3ccc(OC4CCCC4)cc3)c12. The van der Waals surface area contributed by atoms with Crippen molar-refractivity contribution in [3.05, 3.63) is 36.7 Å². The molecule has 1 aromatic carbocycles. The van der Waals surface area contributed by atoms with Crippen molar-refractivity contribution >= 4 is 16.7 Å². The minimum atomic E-state index is 0.375. The van der Waals surface area contributed by atoms with Crippen LogP contribution in [0.25, 0.3) is 22.0 Å². The zero-order chi connectivity index (χ0) is 14.9. The van der Waals surface area contributed by atoms with Gasteiger partial charge in [-0.25, -0.2) is 0 Å². The summed E-state index contributed by atoms with van der Waals surface area (Å²) in [7, 11) is 0.